The molecular formula is C15H21N3. The Balaban J connectivity index is 2.10. The van der Waals surface area contributed by atoms with E-state index >= 15 is 0 Å². The van der Waals surface area contributed by atoms with Crippen LogP contribution < -0.4 is 0 Å². The molecule has 1 aromatic rings. The number of benzene rings is 1. The van der Waals surface area contributed by atoms with Crippen molar-refractivity contribution in [2.24, 2.45) is 0 Å². The van der Waals surface area contributed by atoms with E-state index in [0.717, 1.165) is 19.6 Å². The first-order valence-electron chi connectivity index (χ1n) is 6.56. The van der Waals surface area contributed by atoms with Crippen LogP contribution in [-0.2, 0) is 6.54 Å². The Bertz CT molecular complexity index is 409. The molecule has 1 aromatic carbocycles. The molecule has 1 fully saturated rings. The summed E-state index contributed by atoms with van der Waals surface area (Å²) in [5.74, 6) is 0. The molecule has 0 aliphatic carbocycles. The van der Waals surface area contributed by atoms with Gasteiger partial charge in [-0.05, 0) is 19.5 Å². The third-order valence-electron chi connectivity index (χ3n) is 3.67. The van der Waals surface area contributed by atoms with Crippen molar-refractivity contribution < 1.29 is 0 Å². The van der Waals surface area contributed by atoms with Crippen LogP contribution in [-0.4, -0.2) is 42.0 Å². The summed E-state index contributed by atoms with van der Waals surface area (Å²) in [6.45, 7) is 5.27. The van der Waals surface area contributed by atoms with Crippen molar-refractivity contribution in [2.45, 2.75) is 32.0 Å². The molecule has 0 radical (unpaired) electrons. The molecule has 18 heavy (non-hydrogen) atoms. The van der Waals surface area contributed by atoms with E-state index in [1.165, 1.54) is 5.56 Å². The fraction of sp³-hybridized carbons (Fsp3) is 0.533. The lowest BCUT2D eigenvalue weighted by atomic mass is 10.0. The minimum Gasteiger partial charge on any atom is -0.303 e. The maximum atomic E-state index is 8.98. The van der Waals surface area contributed by atoms with Gasteiger partial charge in [0, 0.05) is 31.7 Å². The predicted molar refractivity (Wildman–Crippen MR) is 73.0 cm³/mol. The Morgan fingerprint density at radius 2 is 2.00 bits per heavy atom. The summed E-state index contributed by atoms with van der Waals surface area (Å²) in [6.07, 6.45) is 0.613. The fourth-order valence-corrected chi connectivity index (χ4v) is 2.82. The van der Waals surface area contributed by atoms with E-state index in [0.29, 0.717) is 18.5 Å². The molecule has 1 saturated heterocycles. The Hall–Kier alpha value is -1.37. The zero-order valence-corrected chi connectivity index (χ0v) is 11.2. The standard InChI is InChI=1S/C15H21N3/c1-13-10-17(2)12-15(8-9-16)18(13)11-14-6-4-3-5-7-14/h3-7,13,15H,8,10-12H2,1-2H3. The zero-order valence-electron chi connectivity index (χ0n) is 11.2. The average Bonchev–Trinajstić information content (AvgIpc) is 2.35. The molecular weight excluding hydrogens is 222 g/mol. The summed E-state index contributed by atoms with van der Waals surface area (Å²) < 4.78 is 0. The highest BCUT2D eigenvalue weighted by Crippen LogP contribution is 2.20. The molecule has 0 saturated carbocycles. The van der Waals surface area contributed by atoms with Crippen molar-refractivity contribution in [3.63, 3.8) is 0 Å². The second kappa shape index (κ2) is 5.99. The molecule has 2 rings (SSSR count). The Labute approximate surface area is 110 Å². The first kappa shape index (κ1) is 13.1. The van der Waals surface area contributed by atoms with Gasteiger partial charge >= 0.3 is 0 Å². The second-order valence-electron chi connectivity index (χ2n) is 5.24. The van der Waals surface area contributed by atoms with Crippen LogP contribution in [0, 0.1) is 11.3 Å². The lowest BCUT2D eigenvalue weighted by molar-refractivity contribution is 0.0391. The van der Waals surface area contributed by atoms with Crippen molar-refractivity contribution in [3.8, 4) is 6.07 Å². The van der Waals surface area contributed by atoms with Gasteiger partial charge in [-0.25, -0.2) is 0 Å². The molecule has 2 atom stereocenters. The molecule has 1 heterocycles. The quantitative estimate of drug-likeness (QED) is 0.814. The Morgan fingerprint density at radius 3 is 2.67 bits per heavy atom. The number of likely N-dealkylation sites (N-methyl/N-ethyl adjacent to an activating group) is 1. The number of piperazine rings is 1. The first-order valence-corrected chi connectivity index (χ1v) is 6.56. The van der Waals surface area contributed by atoms with Crippen LogP contribution in [0.3, 0.4) is 0 Å². The highest BCUT2D eigenvalue weighted by molar-refractivity contribution is 5.15. The molecule has 3 nitrogen and oxygen atoms in total. The van der Waals surface area contributed by atoms with Gasteiger partial charge in [0.2, 0.25) is 0 Å². The molecule has 0 aromatic heterocycles. The Morgan fingerprint density at radius 1 is 1.28 bits per heavy atom. The third-order valence-corrected chi connectivity index (χ3v) is 3.67. The number of rotatable bonds is 3. The zero-order chi connectivity index (χ0) is 13.0. The van der Waals surface area contributed by atoms with E-state index < -0.39 is 0 Å². The van der Waals surface area contributed by atoms with Gasteiger partial charge in [0.05, 0.1) is 12.5 Å². The van der Waals surface area contributed by atoms with Crippen LogP contribution >= 0.6 is 0 Å². The van der Waals surface area contributed by atoms with Crippen molar-refractivity contribution in [3.05, 3.63) is 35.9 Å². The van der Waals surface area contributed by atoms with Crippen molar-refractivity contribution in [1.29, 1.82) is 5.26 Å². The smallest absolute Gasteiger partial charge is 0.0638 e. The minimum absolute atomic E-state index is 0.351. The summed E-state index contributed by atoms with van der Waals surface area (Å²) in [4.78, 5) is 4.80. The Kier molecular flexibility index (Phi) is 4.35. The van der Waals surface area contributed by atoms with Crippen LogP contribution in [0.5, 0.6) is 0 Å². The topological polar surface area (TPSA) is 30.3 Å². The van der Waals surface area contributed by atoms with Gasteiger partial charge in [-0.2, -0.15) is 5.26 Å². The SMILES string of the molecule is CC1CN(C)CC(CC#N)N1Cc1ccccc1. The number of nitrogens with zero attached hydrogens (tertiary/aromatic N) is 3. The molecule has 0 bridgehead atoms. The van der Waals surface area contributed by atoms with Gasteiger partial charge in [0.15, 0.2) is 0 Å². The first-order chi connectivity index (χ1) is 8.70. The largest absolute Gasteiger partial charge is 0.303 e. The molecule has 2 unspecified atom stereocenters. The summed E-state index contributed by atoms with van der Waals surface area (Å²) in [5.41, 5.74) is 1.33. The van der Waals surface area contributed by atoms with E-state index in [-0.39, 0.29) is 0 Å². The lowest BCUT2D eigenvalue weighted by Gasteiger charge is -2.44. The van der Waals surface area contributed by atoms with E-state index in [9.17, 15) is 0 Å². The minimum atomic E-state index is 0.351. The van der Waals surface area contributed by atoms with Gasteiger partial charge < -0.3 is 4.90 Å². The van der Waals surface area contributed by atoms with Gasteiger partial charge in [-0.3, -0.25) is 4.90 Å². The monoisotopic (exact) mass is 243 g/mol. The molecule has 96 valence electrons. The van der Waals surface area contributed by atoms with Crippen molar-refractivity contribution in [1.82, 2.24) is 9.80 Å². The van der Waals surface area contributed by atoms with Crippen LogP contribution in [0.25, 0.3) is 0 Å². The number of hydrogen-bond acceptors (Lipinski definition) is 3. The van der Waals surface area contributed by atoms with E-state index in [1.54, 1.807) is 0 Å². The molecule has 0 amide bonds. The lowest BCUT2D eigenvalue weighted by Crippen LogP contribution is -2.55. The van der Waals surface area contributed by atoms with Crippen LogP contribution in [0.2, 0.25) is 0 Å². The van der Waals surface area contributed by atoms with Crippen LogP contribution in [0.4, 0.5) is 0 Å². The van der Waals surface area contributed by atoms with Gasteiger partial charge in [0.1, 0.15) is 0 Å². The number of nitriles is 1. The van der Waals surface area contributed by atoms with Crippen LogP contribution in [0.1, 0.15) is 18.9 Å². The molecule has 3 heteroatoms. The fourth-order valence-electron chi connectivity index (χ4n) is 2.82. The molecule has 1 aliphatic heterocycles. The average molecular weight is 243 g/mol. The summed E-state index contributed by atoms with van der Waals surface area (Å²) in [7, 11) is 2.14. The summed E-state index contributed by atoms with van der Waals surface area (Å²) in [5, 5.41) is 8.98. The predicted octanol–water partition coefficient (Wildman–Crippen LogP) is 2.10. The third kappa shape index (κ3) is 3.10. The van der Waals surface area contributed by atoms with Gasteiger partial charge in [0.25, 0.3) is 0 Å². The molecule has 0 spiro atoms. The summed E-state index contributed by atoms with van der Waals surface area (Å²) >= 11 is 0. The van der Waals surface area contributed by atoms with E-state index in [2.05, 4.69) is 54.1 Å². The van der Waals surface area contributed by atoms with Crippen molar-refractivity contribution in [2.75, 3.05) is 20.1 Å². The van der Waals surface area contributed by atoms with Gasteiger partial charge in [-0.15, -0.1) is 0 Å². The molecule has 0 N–H and O–H groups in total. The highest BCUT2D eigenvalue weighted by atomic mass is 15.3. The number of hydrogen-bond donors (Lipinski definition) is 0. The summed E-state index contributed by atoms with van der Waals surface area (Å²) in [6, 6.07) is 13.7. The van der Waals surface area contributed by atoms with E-state index in [4.69, 9.17) is 5.26 Å². The van der Waals surface area contributed by atoms with Crippen LogP contribution in [0.15, 0.2) is 30.3 Å². The maximum Gasteiger partial charge on any atom is 0.0638 e. The van der Waals surface area contributed by atoms with E-state index in [1.807, 2.05) is 6.07 Å². The van der Waals surface area contributed by atoms with Gasteiger partial charge in [-0.1, -0.05) is 30.3 Å². The second-order valence-corrected chi connectivity index (χ2v) is 5.24. The molecule has 1 aliphatic rings. The normalized spacial score (nSPS) is 25.8. The van der Waals surface area contributed by atoms with Crippen molar-refractivity contribution >= 4 is 0 Å². The highest BCUT2D eigenvalue weighted by Gasteiger charge is 2.30. The maximum absolute atomic E-state index is 8.98.